The third kappa shape index (κ3) is 3.57. The van der Waals surface area contributed by atoms with Crippen molar-refractivity contribution in [2.75, 3.05) is 0 Å². The van der Waals surface area contributed by atoms with Crippen LogP contribution in [-0.2, 0) is 4.74 Å². The summed E-state index contributed by atoms with van der Waals surface area (Å²) >= 11 is 0. The molecule has 0 aromatic heterocycles. The molecule has 1 aliphatic rings. The van der Waals surface area contributed by atoms with Crippen molar-refractivity contribution in [1.29, 1.82) is 5.26 Å². The maximum atomic E-state index is 12.6. The molecule has 0 unspecified atom stereocenters. The summed E-state index contributed by atoms with van der Waals surface area (Å²) in [5, 5.41) is 11.4. The Bertz CT molecular complexity index is 996. The maximum absolute atomic E-state index is 12.6. The van der Waals surface area contributed by atoms with E-state index in [1.165, 1.54) is 16.3 Å². The second-order valence-electron chi connectivity index (χ2n) is 7.09. The van der Waals surface area contributed by atoms with Gasteiger partial charge in [-0.15, -0.1) is 0 Å². The van der Waals surface area contributed by atoms with Gasteiger partial charge >= 0.3 is 5.97 Å². The van der Waals surface area contributed by atoms with E-state index in [0.717, 1.165) is 25.7 Å². The minimum Gasteiger partial charge on any atom is -0.458 e. The van der Waals surface area contributed by atoms with Crippen LogP contribution >= 0.6 is 0 Å². The third-order valence-corrected chi connectivity index (χ3v) is 5.43. The Morgan fingerprint density at radius 1 is 0.926 bits per heavy atom. The molecule has 3 heteroatoms. The first-order valence-corrected chi connectivity index (χ1v) is 9.45. The topological polar surface area (TPSA) is 50.1 Å². The fourth-order valence-electron chi connectivity index (χ4n) is 4.05. The molecule has 27 heavy (non-hydrogen) atoms. The molecule has 0 saturated heterocycles. The van der Waals surface area contributed by atoms with E-state index in [9.17, 15) is 4.79 Å². The van der Waals surface area contributed by atoms with Gasteiger partial charge in [-0.25, -0.2) is 4.79 Å². The van der Waals surface area contributed by atoms with Crippen LogP contribution in [-0.4, -0.2) is 12.1 Å². The van der Waals surface area contributed by atoms with Gasteiger partial charge in [0.05, 0.1) is 17.2 Å². The lowest BCUT2D eigenvalue weighted by Gasteiger charge is -2.32. The van der Waals surface area contributed by atoms with E-state index >= 15 is 0 Å². The molecule has 3 aromatic carbocycles. The molecule has 3 aromatic rings. The van der Waals surface area contributed by atoms with Gasteiger partial charge in [0.2, 0.25) is 0 Å². The van der Waals surface area contributed by atoms with Crippen molar-refractivity contribution < 1.29 is 9.53 Å². The first-order valence-electron chi connectivity index (χ1n) is 9.45. The molecule has 1 aliphatic carbocycles. The highest BCUT2D eigenvalue weighted by molar-refractivity contribution is 5.90. The summed E-state index contributed by atoms with van der Waals surface area (Å²) in [5.41, 5.74) is 2.31. The smallest absolute Gasteiger partial charge is 0.338 e. The zero-order chi connectivity index (χ0) is 18.6. The molecule has 0 heterocycles. The summed E-state index contributed by atoms with van der Waals surface area (Å²) in [6, 6.07) is 23.5. The second-order valence-corrected chi connectivity index (χ2v) is 7.09. The highest BCUT2D eigenvalue weighted by Gasteiger charge is 2.30. The predicted octanol–water partition coefficient (Wildman–Crippen LogP) is 5.59. The van der Waals surface area contributed by atoms with Gasteiger partial charge in [0, 0.05) is 5.92 Å². The van der Waals surface area contributed by atoms with Crippen molar-refractivity contribution in [2.24, 2.45) is 0 Å². The van der Waals surface area contributed by atoms with Gasteiger partial charge in [0.1, 0.15) is 6.10 Å². The molecule has 2 atom stereocenters. The van der Waals surface area contributed by atoms with E-state index in [1.54, 1.807) is 24.3 Å². The van der Waals surface area contributed by atoms with E-state index in [-0.39, 0.29) is 18.0 Å². The zero-order valence-electron chi connectivity index (χ0n) is 15.1. The van der Waals surface area contributed by atoms with E-state index in [0.29, 0.717) is 11.1 Å². The fourth-order valence-corrected chi connectivity index (χ4v) is 4.05. The van der Waals surface area contributed by atoms with Gasteiger partial charge in [-0.05, 0) is 59.9 Å². The number of nitriles is 1. The van der Waals surface area contributed by atoms with Gasteiger partial charge in [-0.3, -0.25) is 0 Å². The highest BCUT2D eigenvalue weighted by atomic mass is 16.5. The second kappa shape index (κ2) is 7.63. The summed E-state index contributed by atoms with van der Waals surface area (Å²) in [6.07, 6.45) is 4.02. The van der Waals surface area contributed by atoms with Crippen LogP contribution in [0.15, 0.2) is 66.7 Å². The van der Waals surface area contributed by atoms with Crippen molar-refractivity contribution >= 4 is 16.7 Å². The Morgan fingerprint density at radius 3 is 2.48 bits per heavy atom. The molecule has 134 valence electrons. The SMILES string of the molecule is N#Cc1ccc(C(=O)O[C@@H]2CCCC[C@@H]2c2cccc3ccccc23)cc1. The molecule has 0 aliphatic heterocycles. The third-order valence-electron chi connectivity index (χ3n) is 5.43. The number of hydrogen-bond acceptors (Lipinski definition) is 3. The summed E-state index contributed by atoms with van der Waals surface area (Å²) < 4.78 is 5.94. The Labute approximate surface area is 159 Å². The summed E-state index contributed by atoms with van der Waals surface area (Å²) in [5.74, 6) is -0.0937. The predicted molar refractivity (Wildman–Crippen MR) is 106 cm³/mol. The van der Waals surface area contributed by atoms with Crippen molar-refractivity contribution in [3.8, 4) is 6.07 Å². The number of ether oxygens (including phenoxy) is 1. The van der Waals surface area contributed by atoms with Gasteiger partial charge in [0.15, 0.2) is 0 Å². The first kappa shape index (κ1) is 17.3. The van der Waals surface area contributed by atoms with Crippen LogP contribution < -0.4 is 0 Å². The molecule has 3 nitrogen and oxygen atoms in total. The minimum absolute atomic E-state index is 0.118. The van der Waals surface area contributed by atoms with Crippen molar-refractivity contribution in [1.82, 2.24) is 0 Å². The van der Waals surface area contributed by atoms with Crippen molar-refractivity contribution in [3.63, 3.8) is 0 Å². The Kier molecular flexibility index (Phi) is 4.89. The number of benzene rings is 3. The molecule has 0 radical (unpaired) electrons. The quantitative estimate of drug-likeness (QED) is 0.575. The lowest BCUT2D eigenvalue weighted by atomic mass is 9.80. The molecular formula is C24H21NO2. The normalized spacial score (nSPS) is 19.4. The highest BCUT2D eigenvalue weighted by Crippen LogP contribution is 2.38. The van der Waals surface area contributed by atoms with E-state index in [1.807, 2.05) is 0 Å². The van der Waals surface area contributed by atoms with E-state index in [4.69, 9.17) is 10.00 Å². The average molecular weight is 355 g/mol. The van der Waals surface area contributed by atoms with Gasteiger partial charge in [-0.1, -0.05) is 48.9 Å². The number of nitrogens with zero attached hydrogens (tertiary/aromatic N) is 1. The Morgan fingerprint density at radius 2 is 1.67 bits per heavy atom. The van der Waals surface area contributed by atoms with E-state index in [2.05, 4.69) is 48.5 Å². The molecule has 4 rings (SSSR count). The Hall–Kier alpha value is -3.12. The Balaban J connectivity index is 1.60. The fraction of sp³-hybridized carbons (Fsp3) is 0.250. The van der Waals surface area contributed by atoms with Crippen molar-refractivity contribution in [3.05, 3.63) is 83.4 Å². The summed E-state index contributed by atoms with van der Waals surface area (Å²) in [4.78, 5) is 12.6. The van der Waals surface area contributed by atoms with Crippen LogP contribution in [0.3, 0.4) is 0 Å². The maximum Gasteiger partial charge on any atom is 0.338 e. The lowest BCUT2D eigenvalue weighted by Crippen LogP contribution is -2.29. The van der Waals surface area contributed by atoms with Crippen LogP contribution in [0.2, 0.25) is 0 Å². The zero-order valence-corrected chi connectivity index (χ0v) is 15.1. The number of rotatable bonds is 3. The monoisotopic (exact) mass is 355 g/mol. The number of esters is 1. The number of carbonyl (C=O) groups excluding carboxylic acids is 1. The van der Waals surface area contributed by atoms with Gasteiger partial charge < -0.3 is 4.74 Å². The molecule has 0 spiro atoms. The van der Waals surface area contributed by atoms with Crippen LogP contribution in [0.5, 0.6) is 0 Å². The van der Waals surface area contributed by atoms with E-state index < -0.39 is 0 Å². The summed E-state index contributed by atoms with van der Waals surface area (Å²) in [7, 11) is 0. The molecule has 0 N–H and O–H groups in total. The number of hydrogen-bond donors (Lipinski definition) is 0. The largest absolute Gasteiger partial charge is 0.458 e. The van der Waals surface area contributed by atoms with Gasteiger partial charge in [-0.2, -0.15) is 5.26 Å². The van der Waals surface area contributed by atoms with Crippen molar-refractivity contribution in [2.45, 2.75) is 37.7 Å². The molecule has 0 bridgehead atoms. The average Bonchev–Trinajstić information content (AvgIpc) is 2.74. The minimum atomic E-state index is -0.309. The first-order chi connectivity index (χ1) is 13.3. The van der Waals surface area contributed by atoms with Crippen LogP contribution in [0.4, 0.5) is 0 Å². The number of fused-ring (bicyclic) bond motifs is 1. The lowest BCUT2D eigenvalue weighted by molar-refractivity contribution is 0.0144. The van der Waals surface area contributed by atoms with Crippen LogP contribution in [0.25, 0.3) is 10.8 Å². The molecule has 1 fully saturated rings. The number of carbonyl (C=O) groups is 1. The van der Waals surface area contributed by atoms with Crippen LogP contribution in [0.1, 0.15) is 53.1 Å². The van der Waals surface area contributed by atoms with Gasteiger partial charge in [0.25, 0.3) is 0 Å². The standard InChI is InChI=1S/C24H21NO2/c25-16-17-12-14-19(15-13-17)24(26)27-23-11-4-3-9-22(23)21-10-5-7-18-6-1-2-8-20(18)21/h1-2,5-8,10,12-15,22-23H,3-4,9,11H2/t22-,23-/m1/s1. The molecular weight excluding hydrogens is 334 g/mol. The molecule has 1 saturated carbocycles. The van der Waals surface area contributed by atoms with Crippen LogP contribution in [0, 0.1) is 11.3 Å². The molecule has 0 amide bonds. The summed E-state index contributed by atoms with van der Waals surface area (Å²) in [6.45, 7) is 0.